The molecule has 0 amide bonds. The number of aliphatic hydroxyl groups is 1. The van der Waals surface area contributed by atoms with Crippen LogP contribution in [0.4, 0.5) is 4.79 Å². The molecule has 0 bridgehead atoms. The Labute approximate surface area is 266 Å². The number of benzene rings is 2. The normalized spacial score (nSPS) is 21.1. The van der Waals surface area contributed by atoms with Gasteiger partial charge in [0.1, 0.15) is 28.5 Å². The summed E-state index contributed by atoms with van der Waals surface area (Å²) in [6.07, 6.45) is 1.57. The maximum absolute atomic E-state index is 12.1. The standard InChI is InChI=1S/C20H29NO7.C15H20O2/c1-11-12(2)17-14(8-9-20(7,27-17)15(22)10-21(24)25)13(3)16(11)26-18(23)28-19(4,5)6;1-9-10(2)12(4)14-13(11(9)3)6-7-15(5,8-16)17-14/h15,22H,8-10H2,1-7H3;8H,6-7H2,1-5H3. The molecule has 2 aromatic carbocycles. The number of fused-ring (bicyclic) bond motifs is 2. The Hall–Kier alpha value is -3.66. The first-order valence-corrected chi connectivity index (χ1v) is 15.4. The number of carbonyl (C=O) groups excluding carboxylic acids is 2. The summed E-state index contributed by atoms with van der Waals surface area (Å²) in [5, 5.41) is 21.1. The van der Waals surface area contributed by atoms with E-state index in [0.717, 1.165) is 47.1 Å². The first-order valence-electron chi connectivity index (χ1n) is 15.4. The van der Waals surface area contributed by atoms with E-state index in [9.17, 15) is 24.8 Å². The molecule has 2 aliphatic heterocycles. The lowest BCUT2D eigenvalue weighted by Crippen LogP contribution is -2.50. The van der Waals surface area contributed by atoms with Gasteiger partial charge in [-0.2, -0.15) is 0 Å². The Morgan fingerprint density at radius 3 is 1.96 bits per heavy atom. The average Bonchev–Trinajstić information content (AvgIpc) is 2.95. The van der Waals surface area contributed by atoms with E-state index in [1.165, 1.54) is 27.8 Å². The number of hydrogen-bond acceptors (Lipinski definition) is 9. The van der Waals surface area contributed by atoms with Gasteiger partial charge in [-0.15, -0.1) is 0 Å². The Morgan fingerprint density at radius 1 is 0.889 bits per heavy atom. The number of hydrogen-bond donors (Lipinski definition) is 1. The van der Waals surface area contributed by atoms with E-state index in [0.29, 0.717) is 24.3 Å². The predicted molar refractivity (Wildman–Crippen MR) is 172 cm³/mol. The molecule has 0 fully saturated rings. The molecule has 4 rings (SSSR count). The van der Waals surface area contributed by atoms with Crippen molar-refractivity contribution in [2.24, 2.45) is 0 Å². The number of nitro groups is 1. The van der Waals surface area contributed by atoms with Crippen molar-refractivity contribution in [3.8, 4) is 17.2 Å². The van der Waals surface area contributed by atoms with Gasteiger partial charge in [0.05, 0.1) is 0 Å². The fourth-order valence-corrected chi connectivity index (χ4v) is 5.86. The summed E-state index contributed by atoms with van der Waals surface area (Å²) in [5.41, 5.74) is 7.13. The molecule has 0 saturated heterocycles. The lowest BCUT2D eigenvalue weighted by atomic mass is 9.84. The second kappa shape index (κ2) is 13.0. The molecule has 3 atom stereocenters. The molecule has 0 aliphatic carbocycles. The van der Waals surface area contributed by atoms with E-state index in [1.54, 1.807) is 27.7 Å². The van der Waals surface area contributed by atoms with E-state index < -0.39 is 40.5 Å². The fraction of sp³-hybridized carbons (Fsp3) is 0.600. The van der Waals surface area contributed by atoms with Crippen molar-refractivity contribution in [1.82, 2.24) is 0 Å². The molecule has 0 radical (unpaired) electrons. The summed E-state index contributed by atoms with van der Waals surface area (Å²) in [6, 6.07) is 0. The van der Waals surface area contributed by atoms with Crippen LogP contribution in [0.3, 0.4) is 0 Å². The van der Waals surface area contributed by atoms with Crippen molar-refractivity contribution in [1.29, 1.82) is 0 Å². The van der Waals surface area contributed by atoms with Crippen LogP contribution in [0, 0.1) is 58.6 Å². The summed E-state index contributed by atoms with van der Waals surface area (Å²) >= 11 is 0. The lowest BCUT2D eigenvalue weighted by Gasteiger charge is -2.39. The Balaban J connectivity index is 0.000000276. The molecule has 0 spiro atoms. The molecule has 2 heterocycles. The van der Waals surface area contributed by atoms with Crippen LogP contribution in [0.5, 0.6) is 17.2 Å². The van der Waals surface area contributed by atoms with Crippen LogP contribution in [-0.2, 0) is 22.4 Å². The van der Waals surface area contributed by atoms with E-state index in [2.05, 4.69) is 27.7 Å². The third kappa shape index (κ3) is 7.60. The summed E-state index contributed by atoms with van der Waals surface area (Å²) in [4.78, 5) is 33.5. The summed E-state index contributed by atoms with van der Waals surface area (Å²) in [6.45, 7) is 22.2. The van der Waals surface area contributed by atoms with E-state index in [-0.39, 0.29) is 0 Å². The second-order valence-electron chi connectivity index (χ2n) is 13.9. The minimum absolute atomic E-state index is 0.407. The summed E-state index contributed by atoms with van der Waals surface area (Å²) < 4.78 is 22.8. The lowest BCUT2D eigenvalue weighted by molar-refractivity contribution is -0.494. The van der Waals surface area contributed by atoms with Gasteiger partial charge < -0.3 is 24.1 Å². The topological polar surface area (TPSA) is 134 Å². The third-order valence-corrected chi connectivity index (χ3v) is 9.33. The smallest absolute Gasteiger partial charge is 0.484 e. The minimum atomic E-state index is -1.23. The molecule has 3 unspecified atom stereocenters. The van der Waals surface area contributed by atoms with Crippen molar-refractivity contribution >= 4 is 12.4 Å². The molecule has 2 aliphatic rings. The van der Waals surface area contributed by atoms with Gasteiger partial charge in [0.25, 0.3) is 0 Å². The van der Waals surface area contributed by atoms with Crippen molar-refractivity contribution in [2.45, 2.75) is 132 Å². The maximum Gasteiger partial charge on any atom is 0.514 e. The maximum atomic E-state index is 12.1. The number of nitrogens with zero attached hydrogens (tertiary/aromatic N) is 1. The molecule has 10 heteroatoms. The van der Waals surface area contributed by atoms with Crippen molar-refractivity contribution in [3.05, 3.63) is 60.2 Å². The number of rotatable bonds is 5. The van der Waals surface area contributed by atoms with E-state index >= 15 is 0 Å². The van der Waals surface area contributed by atoms with Crippen LogP contribution >= 0.6 is 0 Å². The van der Waals surface area contributed by atoms with Crippen molar-refractivity contribution < 1.29 is 38.6 Å². The monoisotopic (exact) mass is 627 g/mol. The highest BCUT2D eigenvalue weighted by molar-refractivity contribution is 5.69. The van der Waals surface area contributed by atoms with Gasteiger partial charge in [0.15, 0.2) is 18.0 Å². The Kier molecular flexibility index (Phi) is 10.3. The van der Waals surface area contributed by atoms with Gasteiger partial charge in [0.2, 0.25) is 6.54 Å². The molecule has 0 saturated carbocycles. The zero-order valence-corrected chi connectivity index (χ0v) is 28.9. The number of carbonyl (C=O) groups is 2. The van der Waals surface area contributed by atoms with Gasteiger partial charge in [-0.05, 0) is 153 Å². The highest BCUT2D eigenvalue weighted by Crippen LogP contribution is 2.45. The van der Waals surface area contributed by atoms with Gasteiger partial charge in [0, 0.05) is 10.5 Å². The molecule has 45 heavy (non-hydrogen) atoms. The molecule has 1 N–H and O–H groups in total. The number of ether oxygens (including phenoxy) is 4. The number of aldehydes is 1. The Morgan fingerprint density at radius 2 is 1.40 bits per heavy atom. The fourth-order valence-electron chi connectivity index (χ4n) is 5.86. The van der Waals surface area contributed by atoms with E-state index in [1.807, 2.05) is 27.7 Å². The van der Waals surface area contributed by atoms with Crippen LogP contribution in [-0.4, -0.2) is 51.9 Å². The van der Waals surface area contributed by atoms with Crippen LogP contribution in [0.15, 0.2) is 0 Å². The van der Waals surface area contributed by atoms with E-state index in [4.69, 9.17) is 18.9 Å². The summed E-state index contributed by atoms with van der Waals surface area (Å²) in [7, 11) is 0. The second-order valence-corrected chi connectivity index (χ2v) is 13.9. The highest BCUT2D eigenvalue weighted by atomic mass is 16.7. The van der Waals surface area contributed by atoms with Crippen LogP contribution in [0.25, 0.3) is 0 Å². The third-order valence-electron chi connectivity index (χ3n) is 9.33. The molecule has 2 aromatic rings. The van der Waals surface area contributed by atoms with Gasteiger partial charge >= 0.3 is 6.16 Å². The van der Waals surface area contributed by atoms with Gasteiger partial charge in [-0.25, -0.2) is 4.79 Å². The average molecular weight is 628 g/mol. The van der Waals surface area contributed by atoms with Crippen molar-refractivity contribution in [2.75, 3.05) is 6.54 Å². The zero-order valence-electron chi connectivity index (χ0n) is 28.9. The predicted octanol–water partition coefficient (Wildman–Crippen LogP) is 6.85. The van der Waals surface area contributed by atoms with Crippen LogP contribution in [0.1, 0.15) is 97.5 Å². The molecule has 248 valence electrons. The Bertz CT molecular complexity index is 1510. The largest absolute Gasteiger partial charge is 0.514 e. The van der Waals surface area contributed by atoms with Gasteiger partial charge in [-0.1, -0.05) is 0 Å². The van der Waals surface area contributed by atoms with Crippen molar-refractivity contribution in [3.63, 3.8) is 0 Å². The van der Waals surface area contributed by atoms with Crippen LogP contribution in [0.2, 0.25) is 0 Å². The molecule has 10 nitrogen and oxygen atoms in total. The van der Waals surface area contributed by atoms with Gasteiger partial charge in [-0.3, -0.25) is 14.9 Å². The molecular formula is C35H49NO9. The molecular weight excluding hydrogens is 578 g/mol. The molecule has 0 aromatic heterocycles. The zero-order chi connectivity index (χ0) is 34.2. The summed E-state index contributed by atoms with van der Waals surface area (Å²) in [5.74, 6) is 1.96. The minimum Gasteiger partial charge on any atom is -0.484 e. The quantitative estimate of drug-likeness (QED) is 0.124. The highest BCUT2D eigenvalue weighted by Gasteiger charge is 2.43. The number of aliphatic hydroxyl groups excluding tert-OH is 1. The first kappa shape index (κ1) is 35.8. The van der Waals surface area contributed by atoms with Crippen LogP contribution < -0.4 is 14.2 Å². The SMILES string of the molecule is Cc1c(C)c(C)c2c(c1C)CCC(C)(C=O)O2.Cc1c(C)c2c(c(C)c1OC(=O)OC(C)(C)C)CCC(C)(C(O)C[N+](=O)[O-])O2. The first-order chi connectivity index (χ1) is 20.6.